The van der Waals surface area contributed by atoms with Gasteiger partial charge in [0, 0.05) is 47.8 Å². The van der Waals surface area contributed by atoms with E-state index >= 15 is 0 Å². The molecule has 2 aliphatic rings. The molecule has 132 valence electrons. The number of hydrogen-bond acceptors (Lipinski definition) is 2. The first-order valence-electron chi connectivity index (χ1n) is 9.41. The normalized spacial score (nSPS) is 24.7. The van der Waals surface area contributed by atoms with E-state index in [2.05, 4.69) is 39.3 Å². The minimum atomic E-state index is -0.200. The van der Waals surface area contributed by atoms with Gasteiger partial charge in [-0.1, -0.05) is 12.1 Å². The molecule has 2 atom stereocenters. The second-order valence-electron chi connectivity index (χ2n) is 7.49. The minimum Gasteiger partial charge on any atom is -0.344 e. The third kappa shape index (κ3) is 2.74. The zero-order chi connectivity index (χ0) is 17.5. The lowest BCUT2D eigenvalue weighted by molar-refractivity contribution is 0.301. The standard InChI is InChI=1S/C22H22FN3/c23-17-3-1-15(2-4-17)21-9-12-26(22(21)16-7-10-24-11-8-16)20-13-18-5-6-19(14-20)25-18/h1-4,7-12,18-20,25H,5-6,13-14H2. The highest BCUT2D eigenvalue weighted by Crippen LogP contribution is 2.40. The van der Waals surface area contributed by atoms with E-state index < -0.39 is 0 Å². The van der Waals surface area contributed by atoms with E-state index in [9.17, 15) is 4.39 Å². The topological polar surface area (TPSA) is 29.9 Å². The number of benzene rings is 1. The maximum atomic E-state index is 13.4. The van der Waals surface area contributed by atoms with Crippen molar-refractivity contribution in [3.63, 3.8) is 0 Å². The van der Waals surface area contributed by atoms with E-state index in [1.807, 2.05) is 24.5 Å². The molecule has 3 aromatic rings. The molecule has 26 heavy (non-hydrogen) atoms. The van der Waals surface area contributed by atoms with Crippen LogP contribution in [0.2, 0.25) is 0 Å². The number of fused-ring (bicyclic) bond motifs is 2. The van der Waals surface area contributed by atoms with Gasteiger partial charge in [0.1, 0.15) is 5.82 Å². The highest BCUT2D eigenvalue weighted by atomic mass is 19.1. The van der Waals surface area contributed by atoms with Crippen LogP contribution in [0.5, 0.6) is 0 Å². The van der Waals surface area contributed by atoms with Crippen molar-refractivity contribution in [3.8, 4) is 22.4 Å². The first kappa shape index (κ1) is 15.8. The largest absolute Gasteiger partial charge is 0.344 e. The molecule has 4 heteroatoms. The van der Waals surface area contributed by atoms with Gasteiger partial charge in [0.05, 0.1) is 5.69 Å². The van der Waals surface area contributed by atoms with Crippen LogP contribution in [0.15, 0.2) is 61.1 Å². The average Bonchev–Trinajstić information content (AvgIpc) is 3.26. The Bertz CT molecular complexity index is 889. The van der Waals surface area contributed by atoms with Crippen molar-refractivity contribution in [1.29, 1.82) is 0 Å². The van der Waals surface area contributed by atoms with Gasteiger partial charge in [-0.2, -0.15) is 0 Å². The maximum Gasteiger partial charge on any atom is 0.123 e. The number of nitrogens with zero attached hydrogens (tertiary/aromatic N) is 2. The van der Waals surface area contributed by atoms with Gasteiger partial charge in [-0.25, -0.2) is 4.39 Å². The molecular weight excluding hydrogens is 325 g/mol. The Balaban J connectivity index is 1.62. The summed E-state index contributed by atoms with van der Waals surface area (Å²) in [5.41, 5.74) is 4.58. The number of pyridine rings is 1. The molecule has 2 saturated heterocycles. The van der Waals surface area contributed by atoms with Crippen molar-refractivity contribution in [2.24, 2.45) is 0 Å². The number of nitrogens with one attached hydrogen (secondary N) is 1. The van der Waals surface area contributed by atoms with Crippen LogP contribution in [0.25, 0.3) is 22.4 Å². The van der Waals surface area contributed by atoms with Gasteiger partial charge in [0.25, 0.3) is 0 Å². The summed E-state index contributed by atoms with van der Waals surface area (Å²) in [6.45, 7) is 0. The fraction of sp³-hybridized carbons (Fsp3) is 0.318. The third-order valence-corrected chi connectivity index (χ3v) is 5.87. The summed E-state index contributed by atoms with van der Waals surface area (Å²) in [5, 5.41) is 3.73. The van der Waals surface area contributed by atoms with Gasteiger partial charge < -0.3 is 9.88 Å². The Labute approximate surface area is 152 Å². The summed E-state index contributed by atoms with van der Waals surface area (Å²) in [6, 6.07) is 14.9. The van der Waals surface area contributed by atoms with Crippen molar-refractivity contribution in [3.05, 3.63) is 66.9 Å². The van der Waals surface area contributed by atoms with Gasteiger partial charge in [-0.05, 0) is 61.6 Å². The Morgan fingerprint density at radius 3 is 2.27 bits per heavy atom. The molecule has 0 spiro atoms. The van der Waals surface area contributed by atoms with E-state index in [4.69, 9.17) is 0 Å². The number of piperidine rings is 1. The van der Waals surface area contributed by atoms with Crippen LogP contribution in [0, 0.1) is 5.82 Å². The van der Waals surface area contributed by atoms with Crippen LogP contribution in [-0.4, -0.2) is 21.6 Å². The zero-order valence-corrected chi connectivity index (χ0v) is 14.6. The molecule has 2 bridgehead atoms. The Hall–Kier alpha value is -2.46. The summed E-state index contributed by atoms with van der Waals surface area (Å²) < 4.78 is 15.8. The quantitative estimate of drug-likeness (QED) is 0.737. The van der Waals surface area contributed by atoms with Crippen molar-refractivity contribution in [2.45, 2.75) is 43.8 Å². The SMILES string of the molecule is Fc1ccc(-c2ccn(C3CC4CCC(C3)N4)c2-c2ccncc2)cc1. The molecule has 4 heterocycles. The average molecular weight is 347 g/mol. The minimum absolute atomic E-state index is 0.200. The number of aromatic nitrogens is 2. The first-order chi connectivity index (χ1) is 12.8. The van der Waals surface area contributed by atoms with Crippen LogP contribution in [0.3, 0.4) is 0 Å². The molecule has 5 rings (SSSR count). The molecule has 0 saturated carbocycles. The molecule has 1 N–H and O–H groups in total. The predicted octanol–water partition coefficient (Wildman–Crippen LogP) is 4.81. The van der Waals surface area contributed by atoms with Crippen molar-refractivity contribution in [1.82, 2.24) is 14.9 Å². The predicted molar refractivity (Wildman–Crippen MR) is 101 cm³/mol. The Kier molecular flexibility index (Phi) is 3.86. The zero-order valence-electron chi connectivity index (χ0n) is 14.6. The Morgan fingerprint density at radius 2 is 1.58 bits per heavy atom. The van der Waals surface area contributed by atoms with Crippen LogP contribution in [0.4, 0.5) is 4.39 Å². The molecule has 3 nitrogen and oxygen atoms in total. The molecule has 0 radical (unpaired) electrons. The smallest absolute Gasteiger partial charge is 0.123 e. The molecule has 2 aliphatic heterocycles. The second kappa shape index (κ2) is 6.36. The lowest BCUT2D eigenvalue weighted by Crippen LogP contribution is -2.38. The van der Waals surface area contributed by atoms with E-state index in [0.29, 0.717) is 18.1 Å². The Morgan fingerprint density at radius 1 is 0.885 bits per heavy atom. The van der Waals surface area contributed by atoms with E-state index in [1.165, 1.54) is 43.5 Å². The number of rotatable bonds is 3. The first-order valence-corrected chi connectivity index (χ1v) is 9.41. The van der Waals surface area contributed by atoms with Crippen molar-refractivity contribution in [2.75, 3.05) is 0 Å². The van der Waals surface area contributed by atoms with E-state index in [1.54, 1.807) is 0 Å². The summed E-state index contributed by atoms with van der Waals surface area (Å²) in [5.74, 6) is -0.200. The van der Waals surface area contributed by atoms with Crippen molar-refractivity contribution < 1.29 is 4.39 Å². The lowest BCUT2D eigenvalue weighted by atomic mass is 9.97. The lowest BCUT2D eigenvalue weighted by Gasteiger charge is -2.31. The second-order valence-corrected chi connectivity index (χ2v) is 7.49. The molecule has 1 aromatic carbocycles. The van der Waals surface area contributed by atoms with Gasteiger partial charge in [0.15, 0.2) is 0 Å². The van der Waals surface area contributed by atoms with E-state index in [0.717, 1.165) is 16.7 Å². The van der Waals surface area contributed by atoms with Gasteiger partial charge in [0.2, 0.25) is 0 Å². The fourth-order valence-electron chi connectivity index (χ4n) is 4.68. The summed E-state index contributed by atoms with van der Waals surface area (Å²) in [6.07, 6.45) is 10.8. The van der Waals surface area contributed by atoms with Gasteiger partial charge >= 0.3 is 0 Å². The number of halogens is 1. The van der Waals surface area contributed by atoms with Crippen LogP contribution >= 0.6 is 0 Å². The van der Waals surface area contributed by atoms with Crippen LogP contribution < -0.4 is 5.32 Å². The summed E-state index contributed by atoms with van der Waals surface area (Å²) in [4.78, 5) is 4.18. The van der Waals surface area contributed by atoms with Gasteiger partial charge in [-0.3, -0.25) is 4.98 Å². The van der Waals surface area contributed by atoms with E-state index in [-0.39, 0.29) is 5.82 Å². The number of hydrogen-bond donors (Lipinski definition) is 1. The highest BCUT2D eigenvalue weighted by Gasteiger charge is 2.35. The summed E-state index contributed by atoms with van der Waals surface area (Å²) in [7, 11) is 0. The van der Waals surface area contributed by atoms with Crippen LogP contribution in [0.1, 0.15) is 31.7 Å². The van der Waals surface area contributed by atoms with Crippen molar-refractivity contribution >= 4 is 0 Å². The highest BCUT2D eigenvalue weighted by molar-refractivity contribution is 5.81. The molecule has 0 amide bonds. The molecular formula is C22H22FN3. The van der Waals surface area contributed by atoms with Gasteiger partial charge in [-0.15, -0.1) is 0 Å². The molecule has 2 fully saturated rings. The van der Waals surface area contributed by atoms with Crippen LogP contribution in [-0.2, 0) is 0 Å². The fourth-order valence-corrected chi connectivity index (χ4v) is 4.68. The maximum absolute atomic E-state index is 13.4. The molecule has 2 unspecified atom stereocenters. The molecule has 0 aliphatic carbocycles. The summed E-state index contributed by atoms with van der Waals surface area (Å²) >= 11 is 0. The molecule has 2 aromatic heterocycles. The monoisotopic (exact) mass is 347 g/mol. The third-order valence-electron chi connectivity index (χ3n) is 5.87.